The molecule has 0 aromatic carbocycles. The molecule has 1 saturated heterocycles. The molecule has 2 heterocycles. The van der Waals surface area contributed by atoms with Gasteiger partial charge in [-0.15, -0.1) is 0 Å². The van der Waals surface area contributed by atoms with E-state index in [2.05, 4.69) is 4.98 Å². The highest BCUT2D eigenvalue weighted by molar-refractivity contribution is 7.89. The summed E-state index contributed by atoms with van der Waals surface area (Å²) >= 11 is 0. The fourth-order valence-corrected chi connectivity index (χ4v) is 4.05. The number of nitrogens with zero attached hydrogens (tertiary/aromatic N) is 3. The molecule has 0 saturated carbocycles. The highest BCUT2D eigenvalue weighted by Gasteiger charge is 2.37. The standard InChI is InChI=1S/C11H16N4O4S/c1-8-4-9(5-12)7-14(8)20(18,19)10-2-3-11(13-6-10)15(16)17/h2-3,6,8-9H,4-5,7,12H2,1H3. The van der Waals surface area contributed by atoms with E-state index >= 15 is 0 Å². The average molecular weight is 300 g/mol. The number of hydrogen-bond acceptors (Lipinski definition) is 6. The van der Waals surface area contributed by atoms with Crippen LogP contribution in [0.5, 0.6) is 0 Å². The van der Waals surface area contributed by atoms with Gasteiger partial charge in [-0.05, 0) is 41.8 Å². The van der Waals surface area contributed by atoms with Gasteiger partial charge in [-0.3, -0.25) is 0 Å². The Bertz CT molecular complexity index is 601. The second-order valence-corrected chi connectivity index (χ2v) is 6.76. The van der Waals surface area contributed by atoms with Gasteiger partial charge >= 0.3 is 5.82 Å². The molecule has 0 radical (unpaired) electrons. The smallest absolute Gasteiger partial charge is 0.358 e. The van der Waals surface area contributed by atoms with Gasteiger partial charge in [0.15, 0.2) is 6.20 Å². The molecule has 0 aliphatic carbocycles. The van der Waals surface area contributed by atoms with Crippen molar-refractivity contribution in [3.05, 3.63) is 28.4 Å². The van der Waals surface area contributed by atoms with Gasteiger partial charge in [-0.2, -0.15) is 4.31 Å². The number of nitrogens with two attached hydrogens (primary N) is 1. The predicted molar refractivity (Wildman–Crippen MR) is 71.4 cm³/mol. The molecule has 2 atom stereocenters. The van der Waals surface area contributed by atoms with Crippen LogP contribution in [0, 0.1) is 16.0 Å². The fraction of sp³-hybridized carbons (Fsp3) is 0.545. The molecule has 20 heavy (non-hydrogen) atoms. The average Bonchev–Trinajstić information content (AvgIpc) is 2.81. The third-order valence-corrected chi connectivity index (χ3v) is 5.42. The molecule has 0 amide bonds. The van der Waals surface area contributed by atoms with Crippen molar-refractivity contribution in [3.8, 4) is 0 Å². The number of rotatable bonds is 4. The zero-order chi connectivity index (χ0) is 14.9. The van der Waals surface area contributed by atoms with E-state index < -0.39 is 14.9 Å². The Morgan fingerprint density at radius 1 is 1.55 bits per heavy atom. The van der Waals surface area contributed by atoms with Crippen molar-refractivity contribution in [2.75, 3.05) is 13.1 Å². The van der Waals surface area contributed by atoms with Gasteiger partial charge in [0.2, 0.25) is 10.0 Å². The van der Waals surface area contributed by atoms with Crippen molar-refractivity contribution in [1.82, 2.24) is 9.29 Å². The monoisotopic (exact) mass is 300 g/mol. The number of nitro groups is 1. The van der Waals surface area contributed by atoms with Gasteiger partial charge < -0.3 is 15.8 Å². The second kappa shape index (κ2) is 5.43. The molecule has 1 aliphatic heterocycles. The van der Waals surface area contributed by atoms with E-state index in [0.717, 1.165) is 18.7 Å². The first kappa shape index (κ1) is 14.8. The van der Waals surface area contributed by atoms with Crippen LogP contribution >= 0.6 is 0 Å². The minimum atomic E-state index is -3.68. The summed E-state index contributed by atoms with van der Waals surface area (Å²) in [5.41, 5.74) is 5.58. The lowest BCUT2D eigenvalue weighted by Gasteiger charge is -2.20. The summed E-state index contributed by atoms with van der Waals surface area (Å²) in [5.74, 6) is -0.232. The Hall–Kier alpha value is -1.58. The molecule has 2 unspecified atom stereocenters. The summed E-state index contributed by atoms with van der Waals surface area (Å²) in [4.78, 5) is 13.4. The maximum atomic E-state index is 12.5. The summed E-state index contributed by atoms with van der Waals surface area (Å²) in [6.07, 6.45) is 1.74. The van der Waals surface area contributed by atoms with Crippen LogP contribution in [0.2, 0.25) is 0 Å². The lowest BCUT2D eigenvalue weighted by molar-refractivity contribution is -0.389. The summed E-state index contributed by atoms with van der Waals surface area (Å²) < 4.78 is 26.3. The predicted octanol–water partition coefficient (Wildman–Crippen LogP) is 0.348. The summed E-state index contributed by atoms with van der Waals surface area (Å²) in [5, 5.41) is 10.5. The highest BCUT2D eigenvalue weighted by atomic mass is 32.2. The Labute approximate surface area is 116 Å². The molecule has 110 valence electrons. The van der Waals surface area contributed by atoms with E-state index in [1.807, 2.05) is 6.92 Å². The van der Waals surface area contributed by atoms with Crippen molar-refractivity contribution in [2.45, 2.75) is 24.3 Å². The molecule has 1 aliphatic rings. The Kier molecular flexibility index (Phi) is 4.02. The molecule has 0 spiro atoms. The zero-order valence-corrected chi connectivity index (χ0v) is 11.8. The molecule has 2 rings (SSSR count). The lowest BCUT2D eigenvalue weighted by atomic mass is 10.1. The van der Waals surface area contributed by atoms with Crippen molar-refractivity contribution in [3.63, 3.8) is 0 Å². The van der Waals surface area contributed by atoms with Crippen molar-refractivity contribution in [1.29, 1.82) is 0 Å². The SMILES string of the molecule is CC1CC(CN)CN1S(=O)(=O)c1ccc([N+](=O)[O-])nc1. The first-order chi connectivity index (χ1) is 9.36. The summed E-state index contributed by atoms with van der Waals surface area (Å²) in [6, 6.07) is 2.17. The van der Waals surface area contributed by atoms with Gasteiger partial charge in [0.1, 0.15) is 4.90 Å². The fourth-order valence-electron chi connectivity index (χ4n) is 2.38. The topological polar surface area (TPSA) is 119 Å². The van der Waals surface area contributed by atoms with E-state index in [-0.39, 0.29) is 22.7 Å². The van der Waals surface area contributed by atoms with Crippen molar-refractivity contribution in [2.24, 2.45) is 11.7 Å². The van der Waals surface area contributed by atoms with Crippen LogP contribution in [0.25, 0.3) is 0 Å². The summed E-state index contributed by atoms with van der Waals surface area (Å²) in [6.45, 7) is 2.64. The Balaban J connectivity index is 2.28. The Morgan fingerprint density at radius 3 is 2.70 bits per heavy atom. The normalized spacial score (nSPS) is 23.9. The molecule has 2 N–H and O–H groups in total. The van der Waals surface area contributed by atoms with Crippen LogP contribution < -0.4 is 5.73 Å². The number of sulfonamides is 1. The lowest BCUT2D eigenvalue weighted by Crippen LogP contribution is -2.34. The number of hydrogen-bond donors (Lipinski definition) is 1. The minimum absolute atomic E-state index is 0.0346. The van der Waals surface area contributed by atoms with Gasteiger partial charge in [-0.25, -0.2) is 8.42 Å². The van der Waals surface area contributed by atoms with E-state index in [1.54, 1.807) is 0 Å². The van der Waals surface area contributed by atoms with Gasteiger partial charge in [-0.1, -0.05) is 0 Å². The second-order valence-electron chi connectivity index (χ2n) is 4.87. The van der Waals surface area contributed by atoms with Gasteiger partial charge in [0.05, 0.1) is 0 Å². The van der Waals surface area contributed by atoms with E-state index in [9.17, 15) is 18.5 Å². The first-order valence-electron chi connectivity index (χ1n) is 6.18. The molecular formula is C11H16N4O4S. The van der Waals surface area contributed by atoms with Crippen LogP contribution in [0.1, 0.15) is 13.3 Å². The van der Waals surface area contributed by atoms with Crippen molar-refractivity contribution >= 4 is 15.8 Å². The van der Waals surface area contributed by atoms with Crippen LogP contribution in [0.3, 0.4) is 0 Å². The highest BCUT2D eigenvalue weighted by Crippen LogP contribution is 2.28. The molecule has 1 aromatic heterocycles. The first-order valence-corrected chi connectivity index (χ1v) is 7.62. The molecule has 1 fully saturated rings. The van der Waals surface area contributed by atoms with Crippen LogP contribution in [0.4, 0.5) is 5.82 Å². The van der Waals surface area contributed by atoms with E-state index in [1.165, 1.54) is 10.4 Å². The molecule has 1 aromatic rings. The molecule has 0 bridgehead atoms. The molecular weight excluding hydrogens is 284 g/mol. The van der Waals surface area contributed by atoms with Crippen LogP contribution in [0.15, 0.2) is 23.2 Å². The third-order valence-electron chi connectivity index (χ3n) is 3.45. The Morgan fingerprint density at radius 2 is 2.25 bits per heavy atom. The maximum Gasteiger partial charge on any atom is 0.363 e. The van der Waals surface area contributed by atoms with Gasteiger partial charge in [0.25, 0.3) is 0 Å². The third kappa shape index (κ3) is 2.65. The van der Waals surface area contributed by atoms with Crippen molar-refractivity contribution < 1.29 is 13.3 Å². The van der Waals surface area contributed by atoms with Crippen LogP contribution in [-0.2, 0) is 10.0 Å². The van der Waals surface area contributed by atoms with Gasteiger partial charge in [0, 0.05) is 18.7 Å². The van der Waals surface area contributed by atoms with E-state index in [0.29, 0.717) is 13.1 Å². The summed E-state index contributed by atoms with van der Waals surface area (Å²) in [7, 11) is -3.68. The van der Waals surface area contributed by atoms with Crippen LogP contribution in [-0.4, -0.2) is 41.8 Å². The molecule has 8 nitrogen and oxygen atoms in total. The minimum Gasteiger partial charge on any atom is -0.358 e. The maximum absolute atomic E-state index is 12.5. The quantitative estimate of drug-likeness (QED) is 0.632. The van der Waals surface area contributed by atoms with E-state index in [4.69, 9.17) is 5.73 Å². The molecule has 9 heteroatoms. The largest absolute Gasteiger partial charge is 0.363 e. The number of aromatic nitrogens is 1. The number of pyridine rings is 1. The zero-order valence-electron chi connectivity index (χ0n) is 11.0.